The van der Waals surface area contributed by atoms with Crippen molar-refractivity contribution < 1.29 is 14.9 Å². The molecule has 3 aliphatic rings. The molecule has 1 aliphatic heterocycles. The van der Waals surface area contributed by atoms with Gasteiger partial charge in [0, 0.05) is 24.2 Å². The van der Waals surface area contributed by atoms with Gasteiger partial charge in [-0.3, -0.25) is 4.90 Å². The summed E-state index contributed by atoms with van der Waals surface area (Å²) in [4.78, 5) is 2.39. The van der Waals surface area contributed by atoms with E-state index >= 15 is 0 Å². The van der Waals surface area contributed by atoms with Gasteiger partial charge in [0.15, 0.2) is 0 Å². The highest BCUT2D eigenvalue weighted by Crippen LogP contribution is 2.66. The smallest absolute Gasteiger partial charge is 0.0689 e. The number of ether oxygens (including phenoxy) is 1. The second-order valence-corrected chi connectivity index (χ2v) is 11.7. The predicted molar refractivity (Wildman–Crippen MR) is 110 cm³/mol. The third-order valence-electron chi connectivity index (χ3n) is 8.81. The summed E-state index contributed by atoms with van der Waals surface area (Å²) in [6.45, 7) is 17.2. The minimum absolute atomic E-state index is 0.106. The highest BCUT2D eigenvalue weighted by Gasteiger charge is 2.61. The molecule has 2 aliphatic carbocycles. The monoisotopic (exact) mass is 381 g/mol. The van der Waals surface area contributed by atoms with Crippen LogP contribution in [0, 0.1) is 16.7 Å². The molecule has 0 amide bonds. The first-order chi connectivity index (χ1) is 12.3. The van der Waals surface area contributed by atoms with E-state index in [0.717, 1.165) is 18.8 Å². The molecule has 0 radical (unpaired) electrons. The fourth-order valence-electron chi connectivity index (χ4n) is 6.79. The van der Waals surface area contributed by atoms with Crippen molar-refractivity contribution >= 4 is 0 Å². The summed E-state index contributed by atoms with van der Waals surface area (Å²) in [7, 11) is 0. The van der Waals surface area contributed by atoms with Crippen LogP contribution in [0.2, 0.25) is 0 Å². The van der Waals surface area contributed by atoms with Crippen LogP contribution in [0.5, 0.6) is 0 Å². The molecule has 4 atom stereocenters. The molecule has 4 nitrogen and oxygen atoms in total. The molecular weight excluding hydrogens is 338 g/mol. The van der Waals surface area contributed by atoms with Crippen LogP contribution >= 0.6 is 0 Å². The van der Waals surface area contributed by atoms with E-state index in [1.54, 1.807) is 0 Å². The molecule has 0 aromatic heterocycles. The lowest BCUT2D eigenvalue weighted by Gasteiger charge is -2.55. The van der Waals surface area contributed by atoms with Crippen LogP contribution in [0.15, 0.2) is 0 Å². The topological polar surface area (TPSA) is 52.9 Å². The predicted octanol–water partition coefficient (Wildman–Crippen LogP) is 3.98. The molecule has 2 saturated carbocycles. The fourth-order valence-corrected chi connectivity index (χ4v) is 6.79. The molecule has 1 heterocycles. The Kier molecular flexibility index (Phi) is 5.56. The second kappa shape index (κ2) is 6.97. The molecule has 0 unspecified atom stereocenters. The van der Waals surface area contributed by atoms with Gasteiger partial charge < -0.3 is 14.9 Å². The van der Waals surface area contributed by atoms with Gasteiger partial charge in [-0.05, 0) is 83.0 Å². The largest absolute Gasteiger partial charge is 0.393 e. The van der Waals surface area contributed by atoms with Crippen LogP contribution in [0.25, 0.3) is 0 Å². The molecule has 27 heavy (non-hydrogen) atoms. The van der Waals surface area contributed by atoms with E-state index < -0.39 is 6.10 Å². The van der Waals surface area contributed by atoms with Gasteiger partial charge in [-0.2, -0.15) is 0 Å². The molecule has 0 aromatic carbocycles. The molecule has 0 aromatic rings. The Morgan fingerprint density at radius 3 is 2.11 bits per heavy atom. The third kappa shape index (κ3) is 3.72. The SMILES string of the molecule is CC1(C)CC(O)CC(C)(C)N1C[C@H](O)CCO[C@@H]1C[C@@H]2CC[C@]1(C)C2(C)C. The third-order valence-corrected chi connectivity index (χ3v) is 8.81. The van der Waals surface area contributed by atoms with Crippen molar-refractivity contribution in [3.05, 3.63) is 0 Å². The van der Waals surface area contributed by atoms with Crippen LogP contribution in [-0.4, -0.2) is 57.7 Å². The lowest BCUT2D eigenvalue weighted by atomic mass is 9.70. The van der Waals surface area contributed by atoms with Gasteiger partial charge in [0.25, 0.3) is 0 Å². The minimum atomic E-state index is -0.391. The first-order valence-electron chi connectivity index (χ1n) is 11.0. The Balaban J connectivity index is 1.51. The van der Waals surface area contributed by atoms with Crippen molar-refractivity contribution in [2.75, 3.05) is 13.2 Å². The maximum atomic E-state index is 10.7. The maximum Gasteiger partial charge on any atom is 0.0689 e. The molecule has 3 rings (SSSR count). The van der Waals surface area contributed by atoms with E-state index in [1.807, 2.05) is 0 Å². The van der Waals surface area contributed by atoms with E-state index in [4.69, 9.17) is 4.74 Å². The molecule has 2 bridgehead atoms. The quantitative estimate of drug-likeness (QED) is 0.731. The Labute approximate surface area is 166 Å². The Hall–Kier alpha value is -0.160. The fraction of sp³-hybridized carbons (Fsp3) is 1.00. The Bertz CT molecular complexity index is 526. The van der Waals surface area contributed by atoms with Gasteiger partial charge in [0.1, 0.15) is 0 Å². The van der Waals surface area contributed by atoms with Gasteiger partial charge >= 0.3 is 0 Å². The first kappa shape index (κ1) is 21.5. The molecule has 2 N–H and O–H groups in total. The number of aliphatic hydroxyl groups excluding tert-OH is 2. The number of aliphatic hydroxyl groups is 2. The van der Waals surface area contributed by atoms with Crippen molar-refractivity contribution in [1.29, 1.82) is 0 Å². The maximum absolute atomic E-state index is 10.7. The summed E-state index contributed by atoms with van der Waals surface area (Å²) in [5.74, 6) is 0.791. The minimum Gasteiger partial charge on any atom is -0.393 e. The van der Waals surface area contributed by atoms with Crippen molar-refractivity contribution in [2.24, 2.45) is 16.7 Å². The van der Waals surface area contributed by atoms with Crippen molar-refractivity contribution in [1.82, 2.24) is 4.90 Å². The standard InChI is InChI=1S/C23H43NO3/c1-20(2)13-18(26)14-21(3,4)24(20)15-17(25)9-11-27-19-12-16-8-10-23(19,7)22(16,5)6/h16-19,25-26H,8-15H2,1-7H3/t16-,17+,19+,23-/m0/s1. The highest BCUT2D eigenvalue weighted by atomic mass is 16.5. The van der Waals surface area contributed by atoms with Crippen molar-refractivity contribution in [2.45, 2.75) is 116 Å². The normalized spacial score (nSPS) is 39.0. The molecule has 4 heteroatoms. The Morgan fingerprint density at radius 1 is 1.04 bits per heavy atom. The number of fused-ring (bicyclic) bond motifs is 2. The van der Waals surface area contributed by atoms with Crippen LogP contribution in [-0.2, 0) is 4.74 Å². The Morgan fingerprint density at radius 2 is 1.63 bits per heavy atom. The van der Waals surface area contributed by atoms with E-state index in [-0.39, 0.29) is 22.6 Å². The zero-order valence-electron chi connectivity index (χ0n) is 18.7. The van der Waals surface area contributed by atoms with E-state index in [2.05, 4.69) is 53.4 Å². The zero-order valence-corrected chi connectivity index (χ0v) is 18.7. The summed E-state index contributed by atoms with van der Waals surface area (Å²) >= 11 is 0. The number of hydrogen-bond acceptors (Lipinski definition) is 4. The lowest BCUT2D eigenvalue weighted by Crippen LogP contribution is -2.63. The number of β-amino-alcohol motifs (C(OH)–C–C–N with tert-alkyl or cyclic N) is 1. The van der Waals surface area contributed by atoms with Crippen molar-refractivity contribution in [3.63, 3.8) is 0 Å². The summed E-state index contributed by atoms with van der Waals surface area (Å²) in [5.41, 5.74) is 0.449. The number of hydrogen-bond donors (Lipinski definition) is 2. The average Bonchev–Trinajstić information content (AvgIpc) is 2.83. The van der Waals surface area contributed by atoms with Crippen molar-refractivity contribution in [3.8, 4) is 0 Å². The van der Waals surface area contributed by atoms with E-state index in [0.29, 0.717) is 31.1 Å². The van der Waals surface area contributed by atoms with Crippen LogP contribution < -0.4 is 0 Å². The molecule has 1 saturated heterocycles. The van der Waals surface area contributed by atoms with E-state index in [9.17, 15) is 10.2 Å². The van der Waals surface area contributed by atoms with Gasteiger partial charge in [0.2, 0.25) is 0 Å². The first-order valence-corrected chi connectivity index (χ1v) is 11.0. The molecule has 0 spiro atoms. The molecule has 3 fully saturated rings. The summed E-state index contributed by atoms with van der Waals surface area (Å²) in [6, 6.07) is 0. The summed E-state index contributed by atoms with van der Waals surface area (Å²) in [6.07, 6.45) is 5.70. The average molecular weight is 382 g/mol. The number of nitrogens with zero attached hydrogens (tertiary/aromatic N) is 1. The van der Waals surface area contributed by atoms with Gasteiger partial charge in [0.05, 0.1) is 18.3 Å². The molecule has 158 valence electrons. The van der Waals surface area contributed by atoms with Gasteiger partial charge in [-0.25, -0.2) is 0 Å². The van der Waals surface area contributed by atoms with Gasteiger partial charge in [-0.1, -0.05) is 20.8 Å². The van der Waals surface area contributed by atoms with E-state index in [1.165, 1.54) is 19.3 Å². The zero-order chi connectivity index (χ0) is 20.3. The van der Waals surface area contributed by atoms with Crippen LogP contribution in [0.4, 0.5) is 0 Å². The number of rotatable bonds is 6. The summed E-state index contributed by atoms with van der Waals surface area (Å²) < 4.78 is 6.34. The highest BCUT2D eigenvalue weighted by molar-refractivity contribution is 5.11. The van der Waals surface area contributed by atoms with Gasteiger partial charge in [-0.15, -0.1) is 0 Å². The lowest BCUT2D eigenvalue weighted by molar-refractivity contribution is -0.103. The number of piperidine rings is 1. The number of likely N-dealkylation sites (tertiary alicyclic amines) is 1. The van der Waals surface area contributed by atoms with Crippen LogP contribution in [0.3, 0.4) is 0 Å². The van der Waals surface area contributed by atoms with Crippen LogP contribution in [0.1, 0.15) is 87.0 Å². The summed E-state index contributed by atoms with van der Waals surface area (Å²) in [5, 5.41) is 20.9. The second-order valence-electron chi connectivity index (χ2n) is 11.7. The molecular formula is C23H43NO3.